The van der Waals surface area contributed by atoms with Crippen molar-refractivity contribution in [3.63, 3.8) is 0 Å². The zero-order valence-electron chi connectivity index (χ0n) is 12.2. The highest BCUT2D eigenvalue weighted by Crippen LogP contribution is 2.20. The van der Waals surface area contributed by atoms with Crippen molar-refractivity contribution in [2.45, 2.75) is 25.8 Å². The predicted molar refractivity (Wildman–Crippen MR) is 86.8 cm³/mol. The molecule has 0 aromatic heterocycles. The van der Waals surface area contributed by atoms with Crippen molar-refractivity contribution in [2.24, 2.45) is 10.9 Å². The summed E-state index contributed by atoms with van der Waals surface area (Å²) in [6.07, 6.45) is 1.59. The Labute approximate surface area is 125 Å². The standard InChI is InChI=1S/C17H21N3O/c1-2-15(17(18)20-21)19-16-11-7-6-10-14(16)12-13-8-4-3-5-9-13/h3-11,15,19,21H,2,12H2,1H3,(H2,18,20). The van der Waals surface area contributed by atoms with Gasteiger partial charge in [-0.2, -0.15) is 0 Å². The molecule has 0 bridgehead atoms. The molecule has 0 heterocycles. The van der Waals surface area contributed by atoms with Crippen molar-refractivity contribution in [3.8, 4) is 0 Å². The number of para-hydroxylation sites is 1. The Morgan fingerprint density at radius 1 is 1.14 bits per heavy atom. The molecule has 1 unspecified atom stereocenters. The lowest BCUT2D eigenvalue weighted by Gasteiger charge is -2.19. The molecule has 1 atom stereocenters. The van der Waals surface area contributed by atoms with Crippen LogP contribution in [0.1, 0.15) is 24.5 Å². The van der Waals surface area contributed by atoms with E-state index in [0.717, 1.165) is 18.5 Å². The highest BCUT2D eigenvalue weighted by molar-refractivity contribution is 5.88. The maximum absolute atomic E-state index is 8.84. The SMILES string of the molecule is CCC(Nc1ccccc1Cc1ccccc1)C(N)=NO. The Morgan fingerprint density at radius 3 is 2.48 bits per heavy atom. The minimum absolute atomic E-state index is 0.174. The van der Waals surface area contributed by atoms with Crippen LogP contribution in [0, 0.1) is 0 Å². The van der Waals surface area contributed by atoms with Crippen molar-refractivity contribution in [1.82, 2.24) is 0 Å². The van der Waals surface area contributed by atoms with E-state index in [1.165, 1.54) is 11.1 Å². The maximum atomic E-state index is 8.84. The van der Waals surface area contributed by atoms with Gasteiger partial charge in [-0.05, 0) is 30.0 Å². The molecule has 110 valence electrons. The van der Waals surface area contributed by atoms with E-state index in [4.69, 9.17) is 10.9 Å². The quantitative estimate of drug-likeness (QED) is 0.330. The van der Waals surface area contributed by atoms with E-state index in [1.807, 2.05) is 43.3 Å². The zero-order valence-corrected chi connectivity index (χ0v) is 12.2. The fourth-order valence-electron chi connectivity index (χ4n) is 2.27. The number of hydrogen-bond donors (Lipinski definition) is 3. The first-order chi connectivity index (χ1) is 10.2. The summed E-state index contributed by atoms with van der Waals surface area (Å²) >= 11 is 0. The van der Waals surface area contributed by atoms with Crippen molar-refractivity contribution in [1.29, 1.82) is 0 Å². The summed E-state index contributed by atoms with van der Waals surface area (Å²) in [7, 11) is 0. The Balaban J connectivity index is 2.20. The van der Waals surface area contributed by atoms with Gasteiger partial charge >= 0.3 is 0 Å². The van der Waals surface area contributed by atoms with E-state index >= 15 is 0 Å². The third kappa shape index (κ3) is 3.99. The van der Waals surface area contributed by atoms with E-state index in [9.17, 15) is 0 Å². The van der Waals surface area contributed by atoms with Gasteiger partial charge in [-0.25, -0.2) is 0 Å². The number of hydrogen-bond acceptors (Lipinski definition) is 3. The average molecular weight is 283 g/mol. The van der Waals surface area contributed by atoms with Gasteiger partial charge in [-0.15, -0.1) is 0 Å². The fraction of sp³-hybridized carbons (Fsp3) is 0.235. The Kier molecular flexibility index (Phi) is 5.21. The lowest BCUT2D eigenvalue weighted by atomic mass is 10.0. The van der Waals surface area contributed by atoms with Crippen LogP contribution in [-0.4, -0.2) is 17.1 Å². The van der Waals surface area contributed by atoms with Crippen LogP contribution < -0.4 is 11.1 Å². The molecule has 0 amide bonds. The summed E-state index contributed by atoms with van der Waals surface area (Å²) in [4.78, 5) is 0. The van der Waals surface area contributed by atoms with Crippen molar-refractivity contribution in [3.05, 3.63) is 65.7 Å². The lowest BCUT2D eigenvalue weighted by molar-refractivity contribution is 0.316. The number of nitrogens with two attached hydrogens (primary N) is 1. The van der Waals surface area contributed by atoms with E-state index in [0.29, 0.717) is 0 Å². The van der Waals surface area contributed by atoms with Crippen LogP contribution in [0.15, 0.2) is 59.8 Å². The lowest BCUT2D eigenvalue weighted by Crippen LogP contribution is -2.35. The van der Waals surface area contributed by atoms with Gasteiger partial charge in [0.25, 0.3) is 0 Å². The first-order valence-electron chi connectivity index (χ1n) is 7.10. The van der Waals surface area contributed by atoms with Crippen LogP contribution in [-0.2, 0) is 6.42 Å². The topological polar surface area (TPSA) is 70.6 Å². The number of nitrogens with zero attached hydrogens (tertiary/aromatic N) is 1. The van der Waals surface area contributed by atoms with Crippen molar-refractivity contribution >= 4 is 11.5 Å². The van der Waals surface area contributed by atoms with Gasteiger partial charge in [0.2, 0.25) is 0 Å². The van der Waals surface area contributed by atoms with Gasteiger partial charge in [0.15, 0.2) is 5.84 Å². The van der Waals surface area contributed by atoms with Gasteiger partial charge in [0.05, 0.1) is 6.04 Å². The van der Waals surface area contributed by atoms with Crippen LogP contribution in [0.4, 0.5) is 5.69 Å². The number of oxime groups is 1. The molecule has 2 rings (SSSR count). The molecule has 0 saturated carbocycles. The van der Waals surface area contributed by atoms with Crippen LogP contribution in [0.5, 0.6) is 0 Å². The van der Waals surface area contributed by atoms with E-state index in [-0.39, 0.29) is 11.9 Å². The molecule has 0 fully saturated rings. The summed E-state index contributed by atoms with van der Waals surface area (Å²) in [5.41, 5.74) is 9.17. The highest BCUT2D eigenvalue weighted by atomic mass is 16.4. The number of benzene rings is 2. The number of anilines is 1. The zero-order chi connectivity index (χ0) is 15.1. The van der Waals surface area contributed by atoms with E-state index in [1.54, 1.807) is 0 Å². The summed E-state index contributed by atoms with van der Waals surface area (Å²) in [6, 6.07) is 18.2. The van der Waals surface area contributed by atoms with E-state index in [2.05, 4.69) is 28.7 Å². The molecule has 2 aromatic rings. The summed E-state index contributed by atoms with van der Waals surface area (Å²) in [5.74, 6) is 0.201. The molecule has 0 radical (unpaired) electrons. The first kappa shape index (κ1) is 14.9. The molecule has 2 aromatic carbocycles. The minimum Gasteiger partial charge on any atom is -0.409 e. The number of rotatable bonds is 6. The predicted octanol–water partition coefficient (Wildman–Crippen LogP) is 3.21. The molecular weight excluding hydrogens is 262 g/mol. The van der Waals surface area contributed by atoms with E-state index < -0.39 is 0 Å². The number of nitrogens with one attached hydrogen (secondary N) is 1. The molecule has 4 nitrogen and oxygen atoms in total. The van der Waals surface area contributed by atoms with Crippen LogP contribution in [0.25, 0.3) is 0 Å². The molecule has 0 spiro atoms. The number of amidine groups is 1. The molecule has 4 heteroatoms. The smallest absolute Gasteiger partial charge is 0.161 e. The third-order valence-corrected chi connectivity index (χ3v) is 3.47. The average Bonchev–Trinajstić information content (AvgIpc) is 2.54. The van der Waals surface area contributed by atoms with Crippen LogP contribution in [0.2, 0.25) is 0 Å². The normalized spacial score (nSPS) is 12.9. The third-order valence-electron chi connectivity index (χ3n) is 3.47. The van der Waals surface area contributed by atoms with Crippen molar-refractivity contribution in [2.75, 3.05) is 5.32 Å². The Bertz CT molecular complexity index is 596. The molecule has 0 aliphatic heterocycles. The second kappa shape index (κ2) is 7.33. The minimum atomic E-state index is -0.174. The van der Waals surface area contributed by atoms with Gasteiger partial charge in [-0.3, -0.25) is 0 Å². The first-order valence-corrected chi connectivity index (χ1v) is 7.10. The monoisotopic (exact) mass is 283 g/mol. The molecular formula is C17H21N3O. The van der Waals surface area contributed by atoms with Gasteiger partial charge in [-0.1, -0.05) is 60.6 Å². The van der Waals surface area contributed by atoms with Gasteiger partial charge in [0.1, 0.15) is 0 Å². The second-order valence-corrected chi connectivity index (χ2v) is 4.95. The largest absolute Gasteiger partial charge is 0.409 e. The Morgan fingerprint density at radius 2 is 1.81 bits per heavy atom. The highest BCUT2D eigenvalue weighted by Gasteiger charge is 2.13. The summed E-state index contributed by atoms with van der Waals surface area (Å²) in [5, 5.41) is 15.3. The van der Waals surface area contributed by atoms with Gasteiger partial charge in [0, 0.05) is 5.69 Å². The molecule has 0 saturated heterocycles. The summed E-state index contributed by atoms with van der Waals surface area (Å²) in [6.45, 7) is 2.00. The molecule has 4 N–H and O–H groups in total. The van der Waals surface area contributed by atoms with Crippen LogP contribution >= 0.6 is 0 Å². The maximum Gasteiger partial charge on any atom is 0.161 e. The van der Waals surface area contributed by atoms with Gasteiger partial charge < -0.3 is 16.3 Å². The Hall–Kier alpha value is -2.49. The summed E-state index contributed by atoms with van der Waals surface area (Å²) < 4.78 is 0. The molecule has 0 aliphatic carbocycles. The second-order valence-electron chi connectivity index (χ2n) is 4.95. The molecule has 0 aliphatic rings. The van der Waals surface area contributed by atoms with Crippen molar-refractivity contribution < 1.29 is 5.21 Å². The van der Waals surface area contributed by atoms with Crippen LogP contribution in [0.3, 0.4) is 0 Å². The molecule has 21 heavy (non-hydrogen) atoms. The fourth-order valence-corrected chi connectivity index (χ4v) is 2.27.